The summed E-state index contributed by atoms with van der Waals surface area (Å²) in [5, 5.41) is 23.8. The predicted octanol–water partition coefficient (Wildman–Crippen LogP) is 16.5. The fourth-order valence-electron chi connectivity index (χ4n) is 8.35. The minimum atomic E-state index is -0.790. The van der Waals surface area contributed by atoms with E-state index < -0.39 is 18.2 Å². The largest absolute Gasteiger partial charge is 0.462 e. The molecule has 0 aliphatic rings. The van der Waals surface area contributed by atoms with Crippen LogP contribution in [0.4, 0.5) is 0 Å². The van der Waals surface area contributed by atoms with Crippen molar-refractivity contribution in [2.45, 2.75) is 302 Å². The van der Waals surface area contributed by atoms with Crippen molar-refractivity contribution in [3.8, 4) is 0 Å². The van der Waals surface area contributed by atoms with Crippen LogP contribution in [-0.4, -0.2) is 46.9 Å². The van der Waals surface area contributed by atoms with Gasteiger partial charge in [-0.25, -0.2) is 0 Å². The molecule has 364 valence electrons. The van der Waals surface area contributed by atoms with Gasteiger partial charge in [0.1, 0.15) is 6.10 Å². The number of rotatable bonds is 49. The molecule has 0 bridgehead atoms. The number of esters is 1. The lowest BCUT2D eigenvalue weighted by Gasteiger charge is -2.24. The van der Waals surface area contributed by atoms with E-state index in [1.807, 2.05) is 0 Å². The topological polar surface area (TPSA) is 95.9 Å². The molecule has 0 heterocycles. The van der Waals surface area contributed by atoms with E-state index >= 15 is 0 Å². The van der Waals surface area contributed by atoms with Crippen LogP contribution in [0.3, 0.4) is 0 Å². The monoisotopic (exact) mass is 872 g/mol. The first-order chi connectivity index (χ1) is 30.5. The summed E-state index contributed by atoms with van der Waals surface area (Å²) >= 11 is 0. The van der Waals surface area contributed by atoms with Gasteiger partial charge >= 0.3 is 5.97 Å². The Kier molecular flexibility index (Phi) is 48.5. The van der Waals surface area contributed by atoms with Crippen molar-refractivity contribution in [3.05, 3.63) is 36.5 Å². The maximum absolute atomic E-state index is 13.2. The van der Waals surface area contributed by atoms with Crippen molar-refractivity contribution in [1.82, 2.24) is 5.32 Å². The average Bonchev–Trinajstić information content (AvgIpc) is 3.26. The molecule has 0 rings (SSSR count). The third-order valence-electron chi connectivity index (χ3n) is 12.5. The molecule has 0 saturated carbocycles. The molecule has 0 aromatic carbocycles. The number of hydrogen-bond donors (Lipinski definition) is 3. The molecule has 6 heteroatoms. The molecular formula is C56H105NO5. The van der Waals surface area contributed by atoms with E-state index in [1.165, 1.54) is 167 Å². The van der Waals surface area contributed by atoms with Gasteiger partial charge in [0.25, 0.3) is 0 Å². The van der Waals surface area contributed by atoms with Crippen molar-refractivity contribution < 1.29 is 24.5 Å². The number of aliphatic hydroxyl groups excluding tert-OH is 2. The Morgan fingerprint density at radius 1 is 0.484 bits per heavy atom. The molecule has 0 aromatic heterocycles. The molecular weight excluding hydrogens is 767 g/mol. The highest BCUT2D eigenvalue weighted by atomic mass is 16.5. The summed E-state index contributed by atoms with van der Waals surface area (Å²) < 4.78 is 5.94. The van der Waals surface area contributed by atoms with Crippen molar-refractivity contribution in [3.63, 3.8) is 0 Å². The van der Waals surface area contributed by atoms with E-state index in [-0.39, 0.29) is 24.9 Å². The number of aliphatic hydroxyl groups is 2. The van der Waals surface area contributed by atoms with Crippen LogP contribution in [0.2, 0.25) is 0 Å². The second-order valence-corrected chi connectivity index (χ2v) is 18.6. The number of amides is 1. The summed E-state index contributed by atoms with van der Waals surface area (Å²) in [7, 11) is 0. The minimum absolute atomic E-state index is 0.0688. The van der Waals surface area contributed by atoms with Crippen LogP contribution in [0, 0.1) is 0 Å². The molecule has 0 spiro atoms. The SMILES string of the molecule is CC/C=C/C/C=C/CCCCCCCC(CC(=O)NC(CO)C(O)CCCCCCCCCCCCCCCC)OC(=O)CCCCCCCCC/C=C/CCCCCCCC. The Hall–Kier alpha value is -1.92. The number of carbonyl (C=O) groups excluding carboxylic acids is 2. The van der Waals surface area contributed by atoms with Crippen LogP contribution in [0.25, 0.3) is 0 Å². The average molecular weight is 872 g/mol. The molecule has 0 aromatic rings. The fraction of sp³-hybridized carbons (Fsp3) is 0.857. The highest BCUT2D eigenvalue weighted by molar-refractivity contribution is 5.77. The van der Waals surface area contributed by atoms with Gasteiger partial charge in [0.05, 0.1) is 25.2 Å². The Morgan fingerprint density at radius 2 is 0.871 bits per heavy atom. The van der Waals surface area contributed by atoms with Gasteiger partial charge < -0.3 is 20.3 Å². The first-order valence-electron chi connectivity index (χ1n) is 27.2. The maximum Gasteiger partial charge on any atom is 0.306 e. The van der Waals surface area contributed by atoms with Crippen LogP contribution < -0.4 is 5.32 Å². The zero-order valence-corrected chi connectivity index (χ0v) is 41.5. The van der Waals surface area contributed by atoms with Crippen molar-refractivity contribution >= 4 is 11.9 Å². The molecule has 3 unspecified atom stereocenters. The Labute approximate surface area is 385 Å². The highest BCUT2D eigenvalue weighted by Gasteiger charge is 2.24. The lowest BCUT2D eigenvalue weighted by Crippen LogP contribution is -2.46. The molecule has 6 nitrogen and oxygen atoms in total. The van der Waals surface area contributed by atoms with Gasteiger partial charge in [-0.2, -0.15) is 0 Å². The number of ether oxygens (including phenoxy) is 1. The molecule has 0 saturated heterocycles. The number of allylic oxidation sites excluding steroid dienone is 6. The summed E-state index contributed by atoms with van der Waals surface area (Å²) in [6.45, 7) is 6.39. The van der Waals surface area contributed by atoms with E-state index in [1.54, 1.807) is 0 Å². The molecule has 3 N–H and O–H groups in total. The molecule has 62 heavy (non-hydrogen) atoms. The zero-order valence-electron chi connectivity index (χ0n) is 41.5. The Morgan fingerprint density at radius 3 is 1.32 bits per heavy atom. The van der Waals surface area contributed by atoms with Crippen LogP contribution in [0.1, 0.15) is 284 Å². The first-order valence-corrected chi connectivity index (χ1v) is 27.2. The third-order valence-corrected chi connectivity index (χ3v) is 12.5. The molecule has 0 aliphatic carbocycles. The van der Waals surface area contributed by atoms with Gasteiger partial charge in [0, 0.05) is 6.42 Å². The second kappa shape index (κ2) is 50.1. The lowest BCUT2D eigenvalue weighted by molar-refractivity contribution is -0.151. The van der Waals surface area contributed by atoms with E-state index in [2.05, 4.69) is 62.5 Å². The van der Waals surface area contributed by atoms with E-state index in [0.717, 1.165) is 70.6 Å². The second-order valence-electron chi connectivity index (χ2n) is 18.6. The van der Waals surface area contributed by atoms with Crippen LogP contribution in [0.15, 0.2) is 36.5 Å². The van der Waals surface area contributed by atoms with Gasteiger partial charge in [-0.1, -0.05) is 231 Å². The molecule has 3 atom stereocenters. The summed E-state index contributed by atoms with van der Waals surface area (Å²) in [5.41, 5.74) is 0. The van der Waals surface area contributed by atoms with Crippen LogP contribution in [0.5, 0.6) is 0 Å². The van der Waals surface area contributed by atoms with Crippen molar-refractivity contribution in [1.29, 1.82) is 0 Å². The number of nitrogens with one attached hydrogen (secondary N) is 1. The molecule has 1 amide bonds. The number of unbranched alkanes of at least 4 members (excludes halogenated alkanes) is 31. The van der Waals surface area contributed by atoms with Gasteiger partial charge in [0.15, 0.2) is 0 Å². The molecule has 0 fully saturated rings. The zero-order chi connectivity index (χ0) is 45.2. The predicted molar refractivity (Wildman–Crippen MR) is 269 cm³/mol. The van der Waals surface area contributed by atoms with E-state index in [9.17, 15) is 19.8 Å². The molecule has 0 radical (unpaired) electrons. The molecule has 0 aliphatic heterocycles. The summed E-state index contributed by atoms with van der Waals surface area (Å²) in [5.74, 6) is -0.483. The Balaban J connectivity index is 4.51. The third kappa shape index (κ3) is 44.7. The fourth-order valence-corrected chi connectivity index (χ4v) is 8.35. The lowest BCUT2D eigenvalue weighted by atomic mass is 10.0. The highest BCUT2D eigenvalue weighted by Crippen LogP contribution is 2.18. The van der Waals surface area contributed by atoms with Gasteiger partial charge in [-0.15, -0.1) is 0 Å². The standard InChI is InChI=1S/C56H105NO5/c1-4-7-10-13-16-19-22-25-27-28-29-31-34-37-40-43-46-49-56(61)62-52(47-44-41-38-35-32-24-21-18-15-12-9-6-3)50-55(60)57-53(51-58)54(59)48-45-42-39-36-33-30-26-23-20-17-14-11-8-5-2/h9,12,18,21,25,27,52-54,58-59H,4-8,10-11,13-17,19-20,22-24,26,28-51H2,1-3H3,(H,57,60)/b12-9+,21-18+,27-25+. The van der Waals surface area contributed by atoms with Crippen LogP contribution in [-0.2, 0) is 14.3 Å². The van der Waals surface area contributed by atoms with Crippen LogP contribution >= 0.6 is 0 Å². The summed E-state index contributed by atoms with van der Waals surface area (Å²) in [4.78, 5) is 26.2. The normalized spacial score (nSPS) is 13.4. The van der Waals surface area contributed by atoms with E-state index in [4.69, 9.17) is 4.74 Å². The summed E-state index contributed by atoms with van der Waals surface area (Å²) in [6, 6.07) is -0.705. The summed E-state index contributed by atoms with van der Waals surface area (Å²) in [6.07, 6.45) is 59.2. The van der Waals surface area contributed by atoms with Gasteiger partial charge in [-0.05, 0) is 77.0 Å². The number of hydrogen-bond acceptors (Lipinski definition) is 5. The minimum Gasteiger partial charge on any atom is -0.462 e. The Bertz CT molecular complexity index is 1020. The van der Waals surface area contributed by atoms with Crippen molar-refractivity contribution in [2.75, 3.05) is 6.61 Å². The van der Waals surface area contributed by atoms with Gasteiger partial charge in [-0.3, -0.25) is 9.59 Å². The quantitative estimate of drug-likeness (QED) is 0.0321. The number of carbonyl (C=O) groups is 2. The van der Waals surface area contributed by atoms with E-state index in [0.29, 0.717) is 19.3 Å². The maximum atomic E-state index is 13.2. The van der Waals surface area contributed by atoms with Gasteiger partial charge in [0.2, 0.25) is 5.91 Å². The smallest absolute Gasteiger partial charge is 0.306 e. The van der Waals surface area contributed by atoms with Crippen molar-refractivity contribution in [2.24, 2.45) is 0 Å². The first kappa shape index (κ1) is 60.1.